The van der Waals surface area contributed by atoms with Crippen LogP contribution in [0.3, 0.4) is 0 Å². The summed E-state index contributed by atoms with van der Waals surface area (Å²) in [6.07, 6.45) is -2.96. The molecule has 0 saturated carbocycles. The van der Waals surface area contributed by atoms with Crippen molar-refractivity contribution in [2.24, 2.45) is 0 Å². The molecule has 0 spiro atoms. The second-order valence-corrected chi connectivity index (χ2v) is 8.82. The van der Waals surface area contributed by atoms with Gasteiger partial charge < -0.3 is 5.32 Å². The molecule has 0 radical (unpaired) electrons. The van der Waals surface area contributed by atoms with Crippen LogP contribution in [0.2, 0.25) is 0 Å². The molecule has 1 aliphatic rings. The summed E-state index contributed by atoms with van der Waals surface area (Å²) in [7, 11) is -4.14. The zero-order chi connectivity index (χ0) is 23.8. The highest BCUT2D eigenvalue weighted by Crippen LogP contribution is 2.35. The molecule has 2 N–H and O–H groups in total. The molecule has 33 heavy (non-hydrogen) atoms. The molecule has 1 amide bonds. The second-order valence-electron chi connectivity index (χ2n) is 7.13. The number of nitriles is 1. The van der Waals surface area contributed by atoms with Crippen LogP contribution in [0.5, 0.6) is 0 Å². The predicted octanol–water partition coefficient (Wildman–Crippen LogP) is 4.87. The van der Waals surface area contributed by atoms with Crippen LogP contribution < -0.4 is 10.0 Å². The van der Waals surface area contributed by atoms with E-state index in [0.29, 0.717) is 22.4 Å². The Bertz CT molecular complexity index is 1420. The number of hydrogen-bond donors (Lipinski definition) is 2. The van der Waals surface area contributed by atoms with E-state index in [1.54, 1.807) is 30.3 Å². The van der Waals surface area contributed by atoms with Crippen molar-refractivity contribution in [3.05, 3.63) is 89.0 Å². The average Bonchev–Trinajstić information content (AvgIpc) is 3.08. The number of alkyl halides is 3. The summed E-state index contributed by atoms with van der Waals surface area (Å²) >= 11 is 0. The van der Waals surface area contributed by atoms with Crippen molar-refractivity contribution in [3.8, 4) is 6.07 Å². The van der Waals surface area contributed by atoms with E-state index in [1.165, 1.54) is 18.2 Å². The van der Waals surface area contributed by atoms with Gasteiger partial charge >= 0.3 is 6.18 Å². The molecule has 0 fully saturated rings. The average molecular weight is 469 g/mol. The van der Waals surface area contributed by atoms with Gasteiger partial charge in [-0.05, 0) is 66.2 Å². The number of nitrogens with one attached hydrogen (secondary N) is 2. The van der Waals surface area contributed by atoms with E-state index >= 15 is 0 Å². The first-order valence-electron chi connectivity index (χ1n) is 9.44. The van der Waals surface area contributed by atoms with Crippen LogP contribution in [0.4, 0.5) is 24.5 Å². The summed E-state index contributed by atoms with van der Waals surface area (Å²) in [6, 6.07) is 16.1. The molecule has 3 aromatic carbocycles. The van der Waals surface area contributed by atoms with E-state index in [2.05, 4.69) is 10.0 Å². The number of hydrogen-bond acceptors (Lipinski definition) is 4. The summed E-state index contributed by atoms with van der Waals surface area (Å²) in [4.78, 5) is 12.3. The molecule has 10 heteroatoms. The van der Waals surface area contributed by atoms with Crippen molar-refractivity contribution in [2.75, 3.05) is 10.0 Å². The van der Waals surface area contributed by atoms with E-state index in [4.69, 9.17) is 5.26 Å². The van der Waals surface area contributed by atoms with E-state index in [9.17, 15) is 26.4 Å². The summed E-state index contributed by atoms with van der Waals surface area (Å²) in [5, 5.41) is 11.6. The number of carbonyl (C=O) groups is 1. The molecule has 1 heterocycles. The van der Waals surface area contributed by atoms with Gasteiger partial charge in [0.2, 0.25) is 0 Å². The SMILES string of the molecule is N#Cc1ccc(C=C2C(=O)Nc3ccc(S(=O)(=O)Nc4ccc(C(F)(F)F)cc4)cc32)cc1. The molecule has 1 aliphatic heterocycles. The Hall–Kier alpha value is -4.10. The number of rotatable bonds is 4. The number of sulfonamides is 1. The monoisotopic (exact) mass is 469 g/mol. The number of nitrogens with zero attached hydrogens (tertiary/aromatic N) is 1. The zero-order valence-electron chi connectivity index (χ0n) is 16.6. The van der Waals surface area contributed by atoms with Gasteiger partial charge in [-0.15, -0.1) is 0 Å². The summed E-state index contributed by atoms with van der Waals surface area (Å²) in [5.41, 5.74) is 1.18. The molecule has 0 aromatic heterocycles. The third-order valence-electron chi connectivity index (χ3n) is 4.90. The van der Waals surface area contributed by atoms with Crippen molar-refractivity contribution in [3.63, 3.8) is 0 Å². The Morgan fingerprint density at radius 1 is 0.970 bits per heavy atom. The van der Waals surface area contributed by atoms with Crippen LogP contribution in [0.15, 0.2) is 71.6 Å². The topological polar surface area (TPSA) is 99.1 Å². The highest BCUT2D eigenvalue weighted by Gasteiger charge is 2.30. The van der Waals surface area contributed by atoms with Gasteiger partial charge in [0.1, 0.15) is 0 Å². The standard InChI is InChI=1S/C23H14F3N3O3S/c24-23(25,26)16-5-7-17(8-6-16)29-33(31,32)18-9-10-21-19(12-18)20(22(30)28-21)11-14-1-3-15(13-27)4-2-14/h1-12,29H,(H,28,30). The van der Waals surface area contributed by atoms with Gasteiger partial charge in [0, 0.05) is 22.5 Å². The lowest BCUT2D eigenvalue weighted by atomic mass is 10.0. The van der Waals surface area contributed by atoms with Gasteiger partial charge in [0.15, 0.2) is 0 Å². The minimum atomic E-state index is -4.53. The first-order chi connectivity index (χ1) is 15.6. The lowest BCUT2D eigenvalue weighted by Crippen LogP contribution is -2.13. The first kappa shape index (κ1) is 22.1. The smallest absolute Gasteiger partial charge is 0.321 e. The third kappa shape index (κ3) is 4.58. The summed E-state index contributed by atoms with van der Waals surface area (Å²) in [5.74, 6) is -0.417. The molecular formula is C23H14F3N3O3S. The number of carbonyl (C=O) groups excluding carboxylic acids is 1. The van der Waals surface area contributed by atoms with E-state index < -0.39 is 27.7 Å². The lowest BCUT2D eigenvalue weighted by molar-refractivity contribution is -0.137. The molecule has 3 aromatic rings. The van der Waals surface area contributed by atoms with Gasteiger partial charge in [-0.2, -0.15) is 18.4 Å². The fourth-order valence-corrected chi connectivity index (χ4v) is 4.32. The van der Waals surface area contributed by atoms with Crippen molar-refractivity contribution in [1.82, 2.24) is 0 Å². The van der Waals surface area contributed by atoms with Crippen LogP contribution in [-0.2, 0) is 21.0 Å². The Morgan fingerprint density at radius 2 is 1.64 bits per heavy atom. The highest BCUT2D eigenvalue weighted by atomic mass is 32.2. The third-order valence-corrected chi connectivity index (χ3v) is 6.28. The maximum Gasteiger partial charge on any atom is 0.416 e. The highest BCUT2D eigenvalue weighted by molar-refractivity contribution is 7.92. The molecule has 0 saturated heterocycles. The van der Waals surface area contributed by atoms with Crippen molar-refractivity contribution in [1.29, 1.82) is 5.26 Å². The predicted molar refractivity (Wildman–Crippen MR) is 116 cm³/mol. The van der Waals surface area contributed by atoms with Crippen molar-refractivity contribution >= 4 is 39.0 Å². The van der Waals surface area contributed by atoms with Gasteiger partial charge in [-0.1, -0.05) is 12.1 Å². The first-order valence-corrected chi connectivity index (χ1v) is 10.9. The minimum Gasteiger partial charge on any atom is -0.321 e. The Morgan fingerprint density at radius 3 is 2.24 bits per heavy atom. The normalized spacial score (nSPS) is 14.5. The van der Waals surface area contributed by atoms with E-state index in [0.717, 1.165) is 24.3 Å². The van der Waals surface area contributed by atoms with Crippen molar-refractivity contribution in [2.45, 2.75) is 11.1 Å². The molecular weight excluding hydrogens is 455 g/mol. The zero-order valence-corrected chi connectivity index (χ0v) is 17.5. The lowest BCUT2D eigenvalue weighted by Gasteiger charge is -2.11. The van der Waals surface area contributed by atoms with Gasteiger partial charge in [0.05, 0.1) is 22.1 Å². The molecule has 0 atom stereocenters. The van der Waals surface area contributed by atoms with E-state index in [-0.39, 0.29) is 16.2 Å². The van der Waals surface area contributed by atoms with Crippen LogP contribution in [0.25, 0.3) is 11.6 Å². The molecule has 6 nitrogen and oxygen atoms in total. The maximum atomic E-state index is 12.8. The number of fused-ring (bicyclic) bond motifs is 1. The fraction of sp³-hybridized carbons (Fsp3) is 0.0435. The Balaban J connectivity index is 1.65. The molecule has 166 valence electrons. The van der Waals surface area contributed by atoms with Gasteiger partial charge in [-0.3, -0.25) is 9.52 Å². The maximum absolute atomic E-state index is 12.8. The molecule has 4 rings (SSSR count). The van der Waals surface area contributed by atoms with Gasteiger partial charge in [0.25, 0.3) is 15.9 Å². The quantitative estimate of drug-likeness (QED) is 0.533. The molecule has 0 unspecified atom stereocenters. The molecule has 0 aliphatic carbocycles. The fourth-order valence-electron chi connectivity index (χ4n) is 3.24. The van der Waals surface area contributed by atoms with Crippen molar-refractivity contribution < 1.29 is 26.4 Å². The largest absolute Gasteiger partial charge is 0.416 e. The van der Waals surface area contributed by atoms with Crippen LogP contribution in [0, 0.1) is 11.3 Å². The Labute approximate surface area is 187 Å². The van der Waals surface area contributed by atoms with Gasteiger partial charge in [-0.25, -0.2) is 8.42 Å². The Kier molecular flexibility index (Phi) is 5.43. The van der Waals surface area contributed by atoms with Crippen LogP contribution >= 0.6 is 0 Å². The van der Waals surface area contributed by atoms with Crippen LogP contribution in [0.1, 0.15) is 22.3 Å². The van der Waals surface area contributed by atoms with Crippen LogP contribution in [-0.4, -0.2) is 14.3 Å². The molecule has 0 bridgehead atoms. The second kappa shape index (κ2) is 8.11. The number of benzene rings is 3. The minimum absolute atomic E-state index is 0.0361. The number of amides is 1. The number of halogens is 3. The summed E-state index contributed by atoms with van der Waals surface area (Å²) in [6.45, 7) is 0. The summed E-state index contributed by atoms with van der Waals surface area (Å²) < 4.78 is 66.0. The van der Waals surface area contributed by atoms with E-state index in [1.807, 2.05) is 6.07 Å². The number of anilines is 2.